The van der Waals surface area contributed by atoms with Crippen LogP contribution in [-0.2, 0) is 7.05 Å². The highest BCUT2D eigenvalue weighted by atomic mass is 16.5. The molecule has 2 aromatic heterocycles. The third-order valence-electron chi connectivity index (χ3n) is 3.42. The number of ether oxygens (including phenoxy) is 1. The van der Waals surface area contributed by atoms with Gasteiger partial charge in [-0.2, -0.15) is 5.10 Å². The topological polar surface area (TPSA) is 52.0 Å². The number of rotatable bonds is 5. The molecule has 0 saturated heterocycles. The van der Waals surface area contributed by atoms with E-state index in [9.17, 15) is 0 Å². The van der Waals surface area contributed by atoms with Gasteiger partial charge in [-0.25, -0.2) is 4.98 Å². The molecule has 0 fully saturated rings. The van der Waals surface area contributed by atoms with Crippen molar-refractivity contribution in [3.63, 3.8) is 0 Å². The molecule has 0 bridgehead atoms. The Morgan fingerprint density at radius 3 is 2.75 bits per heavy atom. The van der Waals surface area contributed by atoms with Gasteiger partial charge in [-0.1, -0.05) is 6.92 Å². The standard InChI is InChI=1S/C15H22N4O/c1-6-16-10(2)13-7-8-17-14(9-13)20-15-11(3)18-19(5)12(15)4/h7-10,16H,6H2,1-5H3. The van der Waals surface area contributed by atoms with Gasteiger partial charge in [0.1, 0.15) is 5.69 Å². The molecule has 2 rings (SSSR count). The van der Waals surface area contributed by atoms with E-state index in [0.717, 1.165) is 29.2 Å². The van der Waals surface area contributed by atoms with Crippen molar-refractivity contribution in [1.82, 2.24) is 20.1 Å². The number of aromatic nitrogens is 3. The Balaban J connectivity index is 2.23. The van der Waals surface area contributed by atoms with Gasteiger partial charge < -0.3 is 10.1 Å². The van der Waals surface area contributed by atoms with Crippen LogP contribution in [0.4, 0.5) is 0 Å². The SMILES string of the molecule is CCNC(C)c1ccnc(Oc2c(C)nn(C)c2C)c1. The fraction of sp³-hybridized carbons (Fsp3) is 0.467. The zero-order valence-electron chi connectivity index (χ0n) is 12.8. The van der Waals surface area contributed by atoms with E-state index in [-0.39, 0.29) is 6.04 Å². The molecule has 5 nitrogen and oxygen atoms in total. The van der Waals surface area contributed by atoms with E-state index >= 15 is 0 Å². The van der Waals surface area contributed by atoms with Crippen LogP contribution in [0.1, 0.15) is 36.8 Å². The molecule has 0 aromatic carbocycles. The predicted octanol–water partition coefficient (Wildman–Crippen LogP) is 2.89. The molecule has 20 heavy (non-hydrogen) atoms. The molecule has 1 atom stereocenters. The summed E-state index contributed by atoms with van der Waals surface area (Å²) in [6.07, 6.45) is 1.78. The van der Waals surface area contributed by atoms with Crippen LogP contribution in [-0.4, -0.2) is 21.3 Å². The summed E-state index contributed by atoms with van der Waals surface area (Å²) in [6.45, 7) is 9.08. The van der Waals surface area contributed by atoms with Gasteiger partial charge in [-0.05, 0) is 38.9 Å². The molecule has 0 saturated carbocycles. The average Bonchev–Trinajstić information content (AvgIpc) is 2.66. The molecule has 0 radical (unpaired) electrons. The summed E-state index contributed by atoms with van der Waals surface area (Å²) >= 11 is 0. The van der Waals surface area contributed by atoms with E-state index in [4.69, 9.17) is 4.74 Å². The summed E-state index contributed by atoms with van der Waals surface area (Å²) in [4.78, 5) is 4.28. The smallest absolute Gasteiger partial charge is 0.219 e. The Morgan fingerprint density at radius 2 is 2.15 bits per heavy atom. The fourth-order valence-corrected chi connectivity index (χ4v) is 2.18. The summed E-state index contributed by atoms with van der Waals surface area (Å²) in [5, 5.41) is 7.73. The lowest BCUT2D eigenvalue weighted by Gasteiger charge is -2.13. The van der Waals surface area contributed by atoms with E-state index in [2.05, 4.69) is 29.2 Å². The van der Waals surface area contributed by atoms with Crippen LogP contribution >= 0.6 is 0 Å². The van der Waals surface area contributed by atoms with Crippen molar-refractivity contribution in [2.45, 2.75) is 33.7 Å². The quantitative estimate of drug-likeness (QED) is 0.911. The van der Waals surface area contributed by atoms with Crippen LogP contribution in [0.3, 0.4) is 0 Å². The third-order valence-corrected chi connectivity index (χ3v) is 3.42. The Bertz CT molecular complexity index is 592. The summed E-state index contributed by atoms with van der Waals surface area (Å²) < 4.78 is 7.72. The second kappa shape index (κ2) is 6.05. The van der Waals surface area contributed by atoms with Crippen molar-refractivity contribution in [1.29, 1.82) is 0 Å². The van der Waals surface area contributed by atoms with Gasteiger partial charge >= 0.3 is 0 Å². The maximum atomic E-state index is 5.91. The van der Waals surface area contributed by atoms with Gasteiger partial charge in [0.25, 0.3) is 0 Å². The van der Waals surface area contributed by atoms with Gasteiger partial charge in [-0.3, -0.25) is 4.68 Å². The summed E-state index contributed by atoms with van der Waals surface area (Å²) in [7, 11) is 1.91. The molecular formula is C15H22N4O. The lowest BCUT2D eigenvalue weighted by molar-refractivity contribution is 0.452. The van der Waals surface area contributed by atoms with Crippen LogP contribution in [0.15, 0.2) is 18.3 Å². The van der Waals surface area contributed by atoms with Gasteiger partial charge in [0.05, 0.1) is 5.69 Å². The Labute approximate surface area is 120 Å². The fourth-order valence-electron chi connectivity index (χ4n) is 2.18. The normalized spacial score (nSPS) is 12.4. The highest BCUT2D eigenvalue weighted by Gasteiger charge is 2.13. The minimum Gasteiger partial charge on any atom is -0.435 e. The number of aryl methyl sites for hydroxylation is 2. The first-order valence-electron chi connectivity index (χ1n) is 6.90. The van der Waals surface area contributed by atoms with E-state index in [1.807, 2.05) is 37.7 Å². The van der Waals surface area contributed by atoms with E-state index < -0.39 is 0 Å². The first-order valence-corrected chi connectivity index (χ1v) is 6.90. The Morgan fingerprint density at radius 1 is 1.40 bits per heavy atom. The van der Waals surface area contributed by atoms with E-state index in [1.165, 1.54) is 0 Å². The first-order chi connectivity index (χ1) is 9.52. The van der Waals surface area contributed by atoms with E-state index in [0.29, 0.717) is 5.88 Å². The van der Waals surface area contributed by atoms with Gasteiger partial charge in [0.15, 0.2) is 5.75 Å². The molecule has 0 aliphatic rings. The number of pyridine rings is 1. The first kappa shape index (κ1) is 14.5. The second-order valence-corrected chi connectivity index (χ2v) is 4.93. The molecule has 1 N–H and O–H groups in total. The van der Waals surface area contributed by atoms with Crippen molar-refractivity contribution in [3.8, 4) is 11.6 Å². The van der Waals surface area contributed by atoms with Gasteiger partial charge in [0, 0.05) is 25.4 Å². The maximum absolute atomic E-state index is 5.91. The van der Waals surface area contributed by atoms with Crippen LogP contribution < -0.4 is 10.1 Å². The summed E-state index contributed by atoms with van der Waals surface area (Å²) in [5.74, 6) is 1.39. The molecule has 0 amide bonds. The van der Waals surface area contributed by atoms with E-state index in [1.54, 1.807) is 6.20 Å². The van der Waals surface area contributed by atoms with Crippen molar-refractivity contribution in [2.24, 2.45) is 7.05 Å². The van der Waals surface area contributed by atoms with Crippen LogP contribution in [0.25, 0.3) is 0 Å². The molecule has 5 heteroatoms. The van der Waals surface area contributed by atoms with Crippen molar-refractivity contribution < 1.29 is 4.74 Å². The summed E-state index contributed by atoms with van der Waals surface area (Å²) in [6, 6.07) is 4.25. The third kappa shape index (κ3) is 2.99. The van der Waals surface area contributed by atoms with Crippen LogP contribution in [0.5, 0.6) is 11.6 Å². The zero-order chi connectivity index (χ0) is 14.7. The molecule has 108 valence electrons. The maximum Gasteiger partial charge on any atom is 0.219 e. The minimum atomic E-state index is 0.279. The lowest BCUT2D eigenvalue weighted by atomic mass is 10.1. The van der Waals surface area contributed by atoms with Gasteiger partial charge in [0.2, 0.25) is 5.88 Å². The number of hydrogen-bond donors (Lipinski definition) is 1. The largest absolute Gasteiger partial charge is 0.435 e. The molecule has 2 aromatic rings. The number of nitrogens with zero attached hydrogens (tertiary/aromatic N) is 3. The minimum absolute atomic E-state index is 0.279. The van der Waals surface area contributed by atoms with Crippen molar-refractivity contribution in [2.75, 3.05) is 6.54 Å². The highest BCUT2D eigenvalue weighted by Crippen LogP contribution is 2.27. The highest BCUT2D eigenvalue weighted by molar-refractivity contribution is 5.36. The molecule has 0 spiro atoms. The molecule has 2 heterocycles. The second-order valence-electron chi connectivity index (χ2n) is 4.93. The molecular weight excluding hydrogens is 252 g/mol. The van der Waals surface area contributed by atoms with Crippen LogP contribution in [0, 0.1) is 13.8 Å². The summed E-state index contributed by atoms with van der Waals surface area (Å²) in [5.41, 5.74) is 3.03. The number of hydrogen-bond acceptors (Lipinski definition) is 4. The Kier molecular flexibility index (Phi) is 4.39. The predicted molar refractivity (Wildman–Crippen MR) is 79.1 cm³/mol. The number of nitrogens with one attached hydrogen (secondary N) is 1. The lowest BCUT2D eigenvalue weighted by Crippen LogP contribution is -2.17. The molecule has 1 unspecified atom stereocenters. The van der Waals surface area contributed by atoms with Gasteiger partial charge in [-0.15, -0.1) is 0 Å². The van der Waals surface area contributed by atoms with Crippen molar-refractivity contribution >= 4 is 0 Å². The Hall–Kier alpha value is -1.88. The monoisotopic (exact) mass is 274 g/mol. The molecule has 0 aliphatic carbocycles. The molecule has 0 aliphatic heterocycles. The van der Waals surface area contributed by atoms with Crippen LogP contribution in [0.2, 0.25) is 0 Å². The van der Waals surface area contributed by atoms with Crippen molar-refractivity contribution in [3.05, 3.63) is 35.3 Å². The zero-order valence-corrected chi connectivity index (χ0v) is 12.8. The average molecular weight is 274 g/mol.